The molecular weight excluding hydrogens is 270 g/mol. The van der Waals surface area contributed by atoms with Crippen molar-refractivity contribution in [3.8, 4) is 5.75 Å². The van der Waals surface area contributed by atoms with E-state index in [1.54, 1.807) is 6.07 Å². The fourth-order valence-electron chi connectivity index (χ4n) is 1.74. The van der Waals surface area contributed by atoms with Gasteiger partial charge in [0, 0.05) is 15.3 Å². The van der Waals surface area contributed by atoms with E-state index in [0.29, 0.717) is 5.56 Å². The van der Waals surface area contributed by atoms with Gasteiger partial charge in [0.15, 0.2) is 24.0 Å². The van der Waals surface area contributed by atoms with Gasteiger partial charge in [-0.3, -0.25) is 4.79 Å². The maximum Gasteiger partial charge on any atom is 0.201 e. The molecule has 0 saturated carbocycles. The summed E-state index contributed by atoms with van der Waals surface area (Å²) in [6.07, 6.45) is 0. The third kappa shape index (κ3) is 2.98. The highest BCUT2D eigenvalue weighted by molar-refractivity contribution is 7.12. The van der Waals surface area contributed by atoms with Gasteiger partial charge in [0.25, 0.3) is 0 Å². The molecule has 0 atom stereocenters. The molecule has 0 aliphatic carbocycles. The Bertz CT molecular complexity index is 600. The van der Waals surface area contributed by atoms with Gasteiger partial charge in [-0.15, -0.1) is 11.3 Å². The molecule has 5 heteroatoms. The minimum absolute atomic E-state index is 0.287. The molecule has 2 nitrogen and oxygen atoms in total. The zero-order chi connectivity index (χ0) is 14.0. The van der Waals surface area contributed by atoms with E-state index in [1.807, 2.05) is 13.8 Å². The number of Topliss-reactive ketones (excluding diaryl/α,β-unsaturated/α-hetero) is 1. The highest BCUT2D eigenvalue weighted by Gasteiger charge is 2.15. The number of hydrogen-bond acceptors (Lipinski definition) is 3. The first kappa shape index (κ1) is 13.7. The number of aryl methyl sites for hydroxylation is 2. The van der Waals surface area contributed by atoms with Gasteiger partial charge in [-0.2, -0.15) is 0 Å². The van der Waals surface area contributed by atoms with Crippen molar-refractivity contribution in [3.05, 3.63) is 51.2 Å². The van der Waals surface area contributed by atoms with E-state index in [9.17, 15) is 13.6 Å². The van der Waals surface area contributed by atoms with E-state index in [2.05, 4.69) is 0 Å². The lowest BCUT2D eigenvalue weighted by atomic mass is 10.2. The van der Waals surface area contributed by atoms with Crippen LogP contribution >= 0.6 is 11.3 Å². The SMILES string of the molecule is Cc1cc(C(=O)COc2c(F)cccc2F)c(C)s1. The van der Waals surface area contributed by atoms with Crippen molar-refractivity contribution in [2.45, 2.75) is 13.8 Å². The maximum atomic E-state index is 13.3. The lowest BCUT2D eigenvalue weighted by Crippen LogP contribution is -2.13. The Balaban J connectivity index is 2.11. The fraction of sp³-hybridized carbons (Fsp3) is 0.214. The second-order valence-electron chi connectivity index (χ2n) is 4.09. The van der Waals surface area contributed by atoms with E-state index in [0.717, 1.165) is 21.9 Å². The summed E-state index contributed by atoms with van der Waals surface area (Å²) in [5, 5.41) is 0. The van der Waals surface area contributed by atoms with Gasteiger partial charge in [-0.1, -0.05) is 6.07 Å². The molecule has 2 aromatic rings. The smallest absolute Gasteiger partial charge is 0.201 e. The molecule has 0 bridgehead atoms. The first-order chi connectivity index (χ1) is 8.99. The van der Waals surface area contributed by atoms with Gasteiger partial charge in [0.05, 0.1) is 0 Å². The third-order valence-electron chi connectivity index (χ3n) is 2.61. The molecule has 0 spiro atoms. The van der Waals surface area contributed by atoms with Crippen molar-refractivity contribution in [1.82, 2.24) is 0 Å². The summed E-state index contributed by atoms with van der Waals surface area (Å²) < 4.78 is 31.6. The van der Waals surface area contributed by atoms with Crippen LogP contribution in [0.3, 0.4) is 0 Å². The zero-order valence-electron chi connectivity index (χ0n) is 10.5. The monoisotopic (exact) mass is 282 g/mol. The number of ether oxygens (including phenoxy) is 1. The Kier molecular flexibility index (Phi) is 3.95. The van der Waals surface area contributed by atoms with Gasteiger partial charge in [-0.25, -0.2) is 8.78 Å². The molecule has 0 aliphatic rings. The average Bonchev–Trinajstić information content (AvgIpc) is 2.67. The van der Waals surface area contributed by atoms with Gasteiger partial charge in [0.2, 0.25) is 5.78 Å². The van der Waals surface area contributed by atoms with Gasteiger partial charge < -0.3 is 4.74 Å². The predicted molar refractivity (Wildman–Crippen MR) is 70.0 cm³/mol. The molecule has 1 aromatic heterocycles. The van der Waals surface area contributed by atoms with Crippen molar-refractivity contribution >= 4 is 17.1 Å². The molecule has 0 radical (unpaired) electrons. The van der Waals surface area contributed by atoms with Gasteiger partial charge in [0.1, 0.15) is 0 Å². The number of carbonyl (C=O) groups is 1. The maximum absolute atomic E-state index is 13.3. The molecule has 0 unspecified atom stereocenters. The number of benzene rings is 1. The number of rotatable bonds is 4. The topological polar surface area (TPSA) is 26.3 Å². The molecule has 0 saturated heterocycles. The minimum Gasteiger partial charge on any atom is -0.479 e. The number of hydrogen-bond donors (Lipinski definition) is 0. The summed E-state index contributed by atoms with van der Waals surface area (Å²) >= 11 is 1.50. The van der Waals surface area contributed by atoms with Crippen molar-refractivity contribution in [2.75, 3.05) is 6.61 Å². The second-order valence-corrected chi connectivity index (χ2v) is 5.55. The summed E-state index contributed by atoms with van der Waals surface area (Å²) in [6, 6.07) is 5.17. The van der Waals surface area contributed by atoms with Crippen LogP contribution in [-0.2, 0) is 0 Å². The van der Waals surface area contributed by atoms with Crippen LogP contribution in [0.5, 0.6) is 5.75 Å². The van der Waals surface area contributed by atoms with Gasteiger partial charge in [-0.05, 0) is 32.0 Å². The molecule has 0 amide bonds. The van der Waals surface area contributed by atoms with Crippen LogP contribution in [0.2, 0.25) is 0 Å². The van der Waals surface area contributed by atoms with Crippen LogP contribution in [0.15, 0.2) is 24.3 Å². The minimum atomic E-state index is -0.814. The second kappa shape index (κ2) is 5.48. The van der Waals surface area contributed by atoms with Crippen LogP contribution in [0.4, 0.5) is 8.78 Å². The van der Waals surface area contributed by atoms with Crippen LogP contribution in [-0.4, -0.2) is 12.4 Å². The number of ketones is 1. The fourth-order valence-corrected chi connectivity index (χ4v) is 2.69. The number of carbonyl (C=O) groups excluding carboxylic acids is 1. The van der Waals surface area contributed by atoms with E-state index in [4.69, 9.17) is 4.74 Å². The van der Waals surface area contributed by atoms with Crippen molar-refractivity contribution in [1.29, 1.82) is 0 Å². The van der Waals surface area contributed by atoms with Crippen LogP contribution in [0.1, 0.15) is 20.1 Å². The summed E-state index contributed by atoms with van der Waals surface area (Å²) in [7, 11) is 0. The normalized spacial score (nSPS) is 10.5. The molecule has 1 aromatic carbocycles. The Morgan fingerprint density at radius 1 is 1.26 bits per heavy atom. The van der Waals surface area contributed by atoms with Crippen LogP contribution in [0.25, 0.3) is 0 Å². The van der Waals surface area contributed by atoms with E-state index in [1.165, 1.54) is 17.4 Å². The third-order valence-corrected chi connectivity index (χ3v) is 3.57. The summed E-state index contributed by atoms with van der Waals surface area (Å²) in [5.41, 5.74) is 0.541. The van der Waals surface area contributed by atoms with Crippen LogP contribution in [0, 0.1) is 25.5 Å². The highest BCUT2D eigenvalue weighted by atomic mass is 32.1. The molecule has 0 N–H and O–H groups in total. The standard InChI is InChI=1S/C14H12F2O2S/c1-8-6-10(9(2)19-8)13(17)7-18-14-11(15)4-3-5-12(14)16/h3-6H,7H2,1-2H3. The first-order valence-corrected chi connectivity index (χ1v) is 6.47. The number of thiophene rings is 1. The Hall–Kier alpha value is -1.75. The summed E-state index contributed by atoms with van der Waals surface area (Å²) in [6.45, 7) is 3.34. The largest absolute Gasteiger partial charge is 0.479 e. The molecule has 100 valence electrons. The van der Waals surface area contributed by atoms with Crippen molar-refractivity contribution < 1.29 is 18.3 Å². The lowest BCUT2D eigenvalue weighted by molar-refractivity contribution is 0.0915. The molecule has 2 rings (SSSR count). The van der Waals surface area contributed by atoms with E-state index < -0.39 is 17.4 Å². The van der Waals surface area contributed by atoms with Crippen molar-refractivity contribution in [3.63, 3.8) is 0 Å². The summed E-state index contributed by atoms with van der Waals surface area (Å²) in [5.74, 6) is -2.43. The quantitative estimate of drug-likeness (QED) is 0.795. The van der Waals surface area contributed by atoms with Crippen LogP contribution < -0.4 is 4.74 Å². The molecule has 0 fully saturated rings. The zero-order valence-corrected chi connectivity index (χ0v) is 11.3. The van der Waals surface area contributed by atoms with Gasteiger partial charge >= 0.3 is 0 Å². The Morgan fingerprint density at radius 2 is 1.89 bits per heavy atom. The van der Waals surface area contributed by atoms with E-state index >= 15 is 0 Å². The Morgan fingerprint density at radius 3 is 2.42 bits per heavy atom. The highest BCUT2D eigenvalue weighted by Crippen LogP contribution is 2.23. The predicted octanol–water partition coefficient (Wildman–Crippen LogP) is 3.90. The van der Waals surface area contributed by atoms with E-state index in [-0.39, 0.29) is 12.4 Å². The number of halogens is 2. The molecular formula is C14H12F2O2S. The average molecular weight is 282 g/mol. The molecule has 0 aliphatic heterocycles. The van der Waals surface area contributed by atoms with Crippen molar-refractivity contribution in [2.24, 2.45) is 0 Å². The lowest BCUT2D eigenvalue weighted by Gasteiger charge is -2.07. The molecule has 19 heavy (non-hydrogen) atoms. The Labute approximate surface area is 113 Å². The molecule has 1 heterocycles. The first-order valence-electron chi connectivity index (χ1n) is 5.66. The number of para-hydroxylation sites is 1. The summed E-state index contributed by atoms with van der Waals surface area (Å²) in [4.78, 5) is 13.8.